The van der Waals surface area contributed by atoms with Gasteiger partial charge in [0.15, 0.2) is 0 Å². The highest BCUT2D eigenvalue weighted by atomic mass is 16.5. The van der Waals surface area contributed by atoms with Crippen molar-refractivity contribution in [2.24, 2.45) is 5.92 Å². The number of ether oxygens (including phenoxy) is 1. The van der Waals surface area contributed by atoms with Gasteiger partial charge in [-0.05, 0) is 12.3 Å². The molecule has 0 atom stereocenters. The maximum absolute atomic E-state index is 11.2. The molecule has 0 N–H and O–H groups in total. The predicted octanol–water partition coefficient (Wildman–Crippen LogP) is 1.28. The van der Waals surface area contributed by atoms with Gasteiger partial charge < -0.3 is 9.64 Å². The van der Waals surface area contributed by atoms with Gasteiger partial charge in [-0.2, -0.15) is 0 Å². The Balaban J connectivity index is 2.02. The Morgan fingerprint density at radius 1 is 1.54 bits per heavy atom. The molecule has 1 saturated heterocycles. The van der Waals surface area contributed by atoms with Crippen LogP contribution in [-0.4, -0.2) is 37.1 Å². The van der Waals surface area contributed by atoms with Crippen molar-refractivity contribution in [3.63, 3.8) is 0 Å². The fraction of sp³-hybridized carbons (Fsp3) is 0.900. The Bertz CT molecular complexity index is 168. The van der Waals surface area contributed by atoms with E-state index in [4.69, 9.17) is 4.74 Å². The maximum Gasteiger partial charge on any atom is 0.222 e. The van der Waals surface area contributed by atoms with Crippen LogP contribution in [0.1, 0.15) is 26.7 Å². The Morgan fingerprint density at radius 2 is 2.31 bits per heavy atom. The molecule has 3 heteroatoms. The van der Waals surface area contributed by atoms with Gasteiger partial charge in [-0.1, -0.05) is 13.8 Å². The first kappa shape index (κ1) is 10.5. The quantitative estimate of drug-likeness (QED) is 0.604. The Hall–Kier alpha value is -0.570. The molecule has 13 heavy (non-hydrogen) atoms. The van der Waals surface area contributed by atoms with Gasteiger partial charge in [0.05, 0.1) is 6.61 Å². The molecule has 1 fully saturated rings. The van der Waals surface area contributed by atoms with Gasteiger partial charge in [0.1, 0.15) is 0 Å². The fourth-order valence-electron chi connectivity index (χ4n) is 1.43. The van der Waals surface area contributed by atoms with E-state index in [-0.39, 0.29) is 5.91 Å². The number of hydrogen-bond acceptors (Lipinski definition) is 2. The van der Waals surface area contributed by atoms with E-state index in [1.165, 1.54) is 0 Å². The van der Waals surface area contributed by atoms with E-state index < -0.39 is 0 Å². The van der Waals surface area contributed by atoms with Crippen molar-refractivity contribution in [3.05, 3.63) is 0 Å². The molecule has 1 rings (SSSR count). The molecule has 3 nitrogen and oxygen atoms in total. The summed E-state index contributed by atoms with van der Waals surface area (Å²) in [6.45, 7) is 7.42. The van der Waals surface area contributed by atoms with Gasteiger partial charge in [0.2, 0.25) is 5.91 Å². The Kier molecular flexibility index (Phi) is 4.22. The summed E-state index contributed by atoms with van der Waals surface area (Å²) in [6, 6.07) is 0. The van der Waals surface area contributed by atoms with E-state index >= 15 is 0 Å². The lowest BCUT2D eigenvalue weighted by atomic mass is 10.2. The van der Waals surface area contributed by atoms with Crippen molar-refractivity contribution < 1.29 is 9.53 Å². The van der Waals surface area contributed by atoms with Crippen LogP contribution in [0.15, 0.2) is 0 Å². The van der Waals surface area contributed by atoms with Crippen molar-refractivity contribution in [2.45, 2.75) is 26.7 Å². The first-order valence-corrected chi connectivity index (χ1v) is 5.05. The average molecular weight is 185 g/mol. The topological polar surface area (TPSA) is 29.5 Å². The van der Waals surface area contributed by atoms with Gasteiger partial charge in [-0.25, -0.2) is 0 Å². The summed E-state index contributed by atoms with van der Waals surface area (Å²) in [7, 11) is 0. The molecule has 0 spiro atoms. The number of nitrogens with zero attached hydrogens (tertiary/aromatic N) is 1. The van der Waals surface area contributed by atoms with E-state index in [1.54, 1.807) is 0 Å². The van der Waals surface area contributed by atoms with Crippen LogP contribution in [0.4, 0.5) is 0 Å². The summed E-state index contributed by atoms with van der Waals surface area (Å²) in [5.41, 5.74) is 0. The number of carbonyl (C=O) groups is 1. The molecule has 76 valence electrons. The zero-order chi connectivity index (χ0) is 9.68. The lowest BCUT2D eigenvalue weighted by molar-refractivity contribution is -0.128. The second-order valence-electron chi connectivity index (χ2n) is 3.95. The fourth-order valence-corrected chi connectivity index (χ4v) is 1.43. The van der Waals surface area contributed by atoms with Crippen molar-refractivity contribution in [1.82, 2.24) is 4.90 Å². The minimum absolute atomic E-state index is 0.285. The number of carbonyl (C=O) groups excluding carboxylic acids is 1. The second kappa shape index (κ2) is 5.22. The maximum atomic E-state index is 11.2. The molecule has 0 saturated carbocycles. The summed E-state index contributed by atoms with van der Waals surface area (Å²) in [6.07, 6.45) is 1.74. The van der Waals surface area contributed by atoms with E-state index in [0.29, 0.717) is 12.5 Å². The van der Waals surface area contributed by atoms with Gasteiger partial charge in [-0.15, -0.1) is 0 Å². The smallest absolute Gasteiger partial charge is 0.222 e. The monoisotopic (exact) mass is 185 g/mol. The van der Waals surface area contributed by atoms with E-state index in [1.807, 2.05) is 4.90 Å². The summed E-state index contributed by atoms with van der Waals surface area (Å²) >= 11 is 0. The van der Waals surface area contributed by atoms with Crippen LogP contribution in [0.3, 0.4) is 0 Å². The minimum atomic E-state index is 0.285. The highest BCUT2D eigenvalue weighted by Gasteiger charge is 2.18. The van der Waals surface area contributed by atoms with Crippen molar-refractivity contribution >= 4 is 5.91 Å². The lowest BCUT2D eigenvalue weighted by Gasteiger charge is -2.15. The molecule has 1 heterocycles. The van der Waals surface area contributed by atoms with E-state index in [9.17, 15) is 4.79 Å². The molecular formula is C10H19NO2. The molecule has 0 aromatic carbocycles. The average Bonchev–Trinajstić information content (AvgIpc) is 2.45. The summed E-state index contributed by atoms with van der Waals surface area (Å²) in [5, 5.41) is 0. The standard InChI is InChI=1S/C10H19NO2/c1-9(2)8-13-7-6-11-5-3-4-10(11)12/h9H,3-8H2,1-2H3. The predicted molar refractivity (Wildman–Crippen MR) is 51.5 cm³/mol. The molecule has 1 amide bonds. The van der Waals surface area contributed by atoms with E-state index in [0.717, 1.165) is 32.5 Å². The molecule has 1 aliphatic heterocycles. The summed E-state index contributed by atoms with van der Waals surface area (Å²) < 4.78 is 5.41. The second-order valence-corrected chi connectivity index (χ2v) is 3.95. The summed E-state index contributed by atoms with van der Waals surface area (Å²) in [5.74, 6) is 0.863. The molecule has 0 aromatic heterocycles. The van der Waals surface area contributed by atoms with Gasteiger partial charge in [-0.3, -0.25) is 4.79 Å². The van der Waals surface area contributed by atoms with Crippen molar-refractivity contribution in [2.75, 3.05) is 26.3 Å². The van der Waals surface area contributed by atoms with Gasteiger partial charge in [0.25, 0.3) is 0 Å². The zero-order valence-electron chi connectivity index (χ0n) is 8.58. The Labute approximate surface area is 80.1 Å². The van der Waals surface area contributed by atoms with Crippen LogP contribution in [0.2, 0.25) is 0 Å². The zero-order valence-corrected chi connectivity index (χ0v) is 8.58. The first-order chi connectivity index (χ1) is 6.20. The van der Waals surface area contributed by atoms with Crippen LogP contribution in [-0.2, 0) is 9.53 Å². The first-order valence-electron chi connectivity index (χ1n) is 5.05. The third kappa shape index (κ3) is 3.77. The highest BCUT2D eigenvalue weighted by Crippen LogP contribution is 2.08. The third-order valence-corrected chi connectivity index (χ3v) is 2.13. The summed E-state index contributed by atoms with van der Waals surface area (Å²) in [4.78, 5) is 13.1. The molecule has 0 aromatic rings. The van der Waals surface area contributed by atoms with Crippen LogP contribution < -0.4 is 0 Å². The molecule has 0 radical (unpaired) electrons. The molecule has 1 aliphatic rings. The molecule has 0 unspecified atom stereocenters. The molecule has 0 aliphatic carbocycles. The van der Waals surface area contributed by atoms with E-state index in [2.05, 4.69) is 13.8 Å². The number of amides is 1. The van der Waals surface area contributed by atoms with Gasteiger partial charge in [0, 0.05) is 26.1 Å². The van der Waals surface area contributed by atoms with Crippen LogP contribution in [0, 0.1) is 5.92 Å². The molecule has 0 bridgehead atoms. The molecular weight excluding hydrogens is 166 g/mol. The third-order valence-electron chi connectivity index (χ3n) is 2.13. The normalized spacial score (nSPS) is 17.5. The Morgan fingerprint density at radius 3 is 2.85 bits per heavy atom. The lowest BCUT2D eigenvalue weighted by Crippen LogP contribution is -2.28. The number of rotatable bonds is 5. The largest absolute Gasteiger partial charge is 0.379 e. The van der Waals surface area contributed by atoms with Crippen LogP contribution in [0.5, 0.6) is 0 Å². The number of likely N-dealkylation sites (tertiary alicyclic amines) is 1. The highest BCUT2D eigenvalue weighted by molar-refractivity contribution is 5.77. The minimum Gasteiger partial charge on any atom is -0.379 e. The van der Waals surface area contributed by atoms with Crippen molar-refractivity contribution in [3.8, 4) is 0 Å². The SMILES string of the molecule is CC(C)COCCN1CCCC1=O. The van der Waals surface area contributed by atoms with Crippen molar-refractivity contribution in [1.29, 1.82) is 0 Å². The van der Waals surface area contributed by atoms with Crippen LogP contribution >= 0.6 is 0 Å². The van der Waals surface area contributed by atoms with Crippen LogP contribution in [0.25, 0.3) is 0 Å². The number of hydrogen-bond donors (Lipinski definition) is 0. The van der Waals surface area contributed by atoms with Gasteiger partial charge >= 0.3 is 0 Å².